The van der Waals surface area contributed by atoms with Gasteiger partial charge in [0.15, 0.2) is 5.78 Å². The van der Waals surface area contributed by atoms with E-state index >= 15 is 0 Å². The van der Waals surface area contributed by atoms with Crippen LogP contribution in [-0.2, 0) is 4.79 Å². The summed E-state index contributed by atoms with van der Waals surface area (Å²) in [4.78, 5) is 23.9. The maximum absolute atomic E-state index is 12.3. The molecule has 0 aliphatic rings. The van der Waals surface area contributed by atoms with Crippen molar-refractivity contribution in [1.29, 1.82) is 5.26 Å². The van der Waals surface area contributed by atoms with Crippen molar-refractivity contribution in [2.75, 3.05) is 12.4 Å². The van der Waals surface area contributed by atoms with Gasteiger partial charge in [-0.1, -0.05) is 24.3 Å². The number of ether oxygens (including phenoxy) is 1. The molecule has 0 aliphatic heterocycles. The lowest BCUT2D eigenvalue weighted by atomic mass is 10.1. The summed E-state index contributed by atoms with van der Waals surface area (Å²) in [6.07, 6.45) is 1.48. The minimum absolute atomic E-state index is 0.0569. The van der Waals surface area contributed by atoms with E-state index in [0.29, 0.717) is 22.6 Å². The predicted octanol–water partition coefficient (Wildman–Crippen LogP) is 3.44. The highest BCUT2D eigenvalue weighted by molar-refractivity contribution is 6.12. The lowest BCUT2D eigenvalue weighted by Gasteiger charge is -2.08. The summed E-state index contributed by atoms with van der Waals surface area (Å²) in [6.45, 7) is 1.42. The molecular formula is C19H16N2O3. The van der Waals surface area contributed by atoms with Crippen molar-refractivity contribution in [1.82, 2.24) is 0 Å². The molecule has 2 rings (SSSR count). The van der Waals surface area contributed by atoms with Crippen LogP contribution in [0.4, 0.5) is 5.69 Å². The summed E-state index contributed by atoms with van der Waals surface area (Å²) in [5, 5.41) is 11.9. The van der Waals surface area contributed by atoms with Gasteiger partial charge >= 0.3 is 0 Å². The number of carbonyl (C=O) groups is 2. The number of ketones is 1. The molecule has 1 amide bonds. The van der Waals surface area contributed by atoms with Crippen LogP contribution in [0.25, 0.3) is 6.08 Å². The fourth-order valence-corrected chi connectivity index (χ4v) is 2.10. The van der Waals surface area contributed by atoms with E-state index < -0.39 is 5.91 Å². The molecule has 0 radical (unpaired) electrons. The van der Waals surface area contributed by atoms with Gasteiger partial charge in [-0.15, -0.1) is 0 Å². The summed E-state index contributed by atoms with van der Waals surface area (Å²) in [5.74, 6) is -0.0453. The number of nitrogens with one attached hydrogen (secondary N) is 1. The number of Topliss-reactive ketones (excluding diaryl/α,β-unsaturated/α-hetero) is 1. The molecule has 1 N–H and O–H groups in total. The summed E-state index contributed by atoms with van der Waals surface area (Å²) >= 11 is 0. The van der Waals surface area contributed by atoms with Crippen LogP contribution in [0.3, 0.4) is 0 Å². The third-order valence-electron chi connectivity index (χ3n) is 3.35. The molecule has 0 unspecified atom stereocenters. The van der Waals surface area contributed by atoms with Crippen LogP contribution in [0.5, 0.6) is 5.75 Å². The Morgan fingerprint density at radius 2 is 1.79 bits per heavy atom. The van der Waals surface area contributed by atoms with Crippen molar-refractivity contribution in [2.45, 2.75) is 6.92 Å². The number of para-hydroxylation sites is 1. The molecule has 0 fully saturated rings. The van der Waals surface area contributed by atoms with Gasteiger partial charge < -0.3 is 10.1 Å². The molecular weight excluding hydrogens is 304 g/mol. The molecule has 0 aliphatic carbocycles. The monoisotopic (exact) mass is 320 g/mol. The van der Waals surface area contributed by atoms with Crippen LogP contribution in [0.15, 0.2) is 54.1 Å². The Hall–Kier alpha value is -3.39. The third kappa shape index (κ3) is 4.08. The van der Waals surface area contributed by atoms with Gasteiger partial charge in [-0.25, -0.2) is 0 Å². The lowest BCUT2D eigenvalue weighted by molar-refractivity contribution is -0.112. The average Bonchev–Trinajstić information content (AvgIpc) is 2.60. The second-order valence-electron chi connectivity index (χ2n) is 5.00. The van der Waals surface area contributed by atoms with E-state index in [1.165, 1.54) is 13.0 Å². The van der Waals surface area contributed by atoms with Gasteiger partial charge in [0.25, 0.3) is 5.91 Å². The number of benzene rings is 2. The second kappa shape index (κ2) is 7.75. The van der Waals surface area contributed by atoms with Crippen molar-refractivity contribution in [3.63, 3.8) is 0 Å². The highest BCUT2D eigenvalue weighted by Crippen LogP contribution is 2.18. The van der Waals surface area contributed by atoms with E-state index in [2.05, 4.69) is 5.32 Å². The quantitative estimate of drug-likeness (QED) is 0.520. The van der Waals surface area contributed by atoms with E-state index in [4.69, 9.17) is 4.74 Å². The molecule has 120 valence electrons. The molecule has 0 atom stereocenters. The largest absolute Gasteiger partial charge is 0.497 e. The molecule has 0 saturated carbocycles. The van der Waals surface area contributed by atoms with E-state index in [0.717, 1.165) is 0 Å². The van der Waals surface area contributed by atoms with Gasteiger partial charge in [-0.3, -0.25) is 9.59 Å². The van der Waals surface area contributed by atoms with Gasteiger partial charge in [-0.05, 0) is 42.8 Å². The Labute approximate surface area is 140 Å². The fraction of sp³-hybridized carbons (Fsp3) is 0.105. The molecule has 0 bridgehead atoms. The first-order valence-electron chi connectivity index (χ1n) is 7.22. The van der Waals surface area contributed by atoms with Crippen LogP contribution >= 0.6 is 0 Å². The first kappa shape index (κ1) is 17.0. The van der Waals surface area contributed by atoms with Crippen molar-refractivity contribution in [3.05, 3.63) is 65.2 Å². The van der Waals surface area contributed by atoms with E-state index in [1.807, 2.05) is 6.07 Å². The zero-order chi connectivity index (χ0) is 17.5. The van der Waals surface area contributed by atoms with Crippen molar-refractivity contribution < 1.29 is 14.3 Å². The Kier molecular flexibility index (Phi) is 5.48. The molecule has 0 saturated heterocycles. The van der Waals surface area contributed by atoms with E-state index in [9.17, 15) is 14.9 Å². The molecule has 0 aromatic heterocycles. The number of hydrogen-bond donors (Lipinski definition) is 1. The van der Waals surface area contributed by atoms with E-state index in [1.54, 1.807) is 55.6 Å². The number of carbonyl (C=O) groups excluding carboxylic acids is 2. The normalized spacial score (nSPS) is 10.6. The highest BCUT2D eigenvalue weighted by atomic mass is 16.5. The van der Waals surface area contributed by atoms with Crippen LogP contribution in [-0.4, -0.2) is 18.8 Å². The Morgan fingerprint density at radius 1 is 1.12 bits per heavy atom. The topological polar surface area (TPSA) is 79.2 Å². The first-order valence-corrected chi connectivity index (χ1v) is 7.22. The first-order chi connectivity index (χ1) is 11.5. The number of rotatable bonds is 5. The van der Waals surface area contributed by atoms with Crippen molar-refractivity contribution >= 4 is 23.5 Å². The zero-order valence-corrected chi connectivity index (χ0v) is 13.4. The number of methoxy groups -OCH3 is 1. The molecule has 2 aromatic carbocycles. The van der Waals surface area contributed by atoms with Crippen LogP contribution in [0.2, 0.25) is 0 Å². The summed E-state index contributed by atoms with van der Waals surface area (Å²) in [5.41, 5.74) is 1.42. The Bertz CT molecular complexity index is 830. The fourth-order valence-electron chi connectivity index (χ4n) is 2.10. The van der Waals surface area contributed by atoms with Crippen LogP contribution in [0.1, 0.15) is 22.8 Å². The summed E-state index contributed by atoms with van der Waals surface area (Å²) < 4.78 is 5.07. The molecule has 0 heterocycles. The van der Waals surface area contributed by atoms with Crippen LogP contribution in [0, 0.1) is 11.3 Å². The van der Waals surface area contributed by atoms with Gasteiger partial charge in [0, 0.05) is 5.56 Å². The van der Waals surface area contributed by atoms with Gasteiger partial charge in [0.2, 0.25) is 0 Å². The second-order valence-corrected chi connectivity index (χ2v) is 5.00. The SMILES string of the molecule is COc1ccc(/C=C(/C#N)C(=O)Nc2ccccc2C(C)=O)cc1. The van der Waals surface area contributed by atoms with Gasteiger partial charge in [-0.2, -0.15) is 5.26 Å². The predicted molar refractivity (Wildman–Crippen MR) is 91.7 cm³/mol. The number of amides is 1. The molecule has 5 heteroatoms. The third-order valence-corrected chi connectivity index (χ3v) is 3.35. The maximum Gasteiger partial charge on any atom is 0.266 e. The Balaban J connectivity index is 2.25. The summed E-state index contributed by atoms with van der Waals surface area (Å²) in [6, 6.07) is 15.5. The number of nitrogens with zero attached hydrogens (tertiary/aromatic N) is 1. The Morgan fingerprint density at radius 3 is 2.38 bits per heavy atom. The number of anilines is 1. The lowest BCUT2D eigenvalue weighted by Crippen LogP contribution is -2.15. The molecule has 24 heavy (non-hydrogen) atoms. The number of nitriles is 1. The van der Waals surface area contributed by atoms with Crippen LogP contribution < -0.4 is 10.1 Å². The maximum atomic E-state index is 12.3. The van der Waals surface area contributed by atoms with Gasteiger partial charge in [0.1, 0.15) is 17.4 Å². The van der Waals surface area contributed by atoms with E-state index in [-0.39, 0.29) is 11.4 Å². The molecule has 2 aromatic rings. The molecule has 0 spiro atoms. The minimum Gasteiger partial charge on any atom is -0.497 e. The van der Waals surface area contributed by atoms with Gasteiger partial charge in [0.05, 0.1) is 12.8 Å². The average molecular weight is 320 g/mol. The zero-order valence-electron chi connectivity index (χ0n) is 13.4. The number of hydrogen-bond acceptors (Lipinski definition) is 4. The standard InChI is InChI=1S/C19H16N2O3/c1-13(22)17-5-3-4-6-18(17)21-19(23)15(12-20)11-14-7-9-16(24-2)10-8-14/h3-11H,1-2H3,(H,21,23)/b15-11-. The molecule has 5 nitrogen and oxygen atoms in total. The highest BCUT2D eigenvalue weighted by Gasteiger charge is 2.13. The minimum atomic E-state index is -0.568. The summed E-state index contributed by atoms with van der Waals surface area (Å²) in [7, 11) is 1.56. The smallest absolute Gasteiger partial charge is 0.266 e. The van der Waals surface area contributed by atoms with Crippen molar-refractivity contribution in [2.24, 2.45) is 0 Å². The van der Waals surface area contributed by atoms with Crippen molar-refractivity contribution in [3.8, 4) is 11.8 Å².